The summed E-state index contributed by atoms with van der Waals surface area (Å²) in [4.78, 5) is 0. The third-order valence-electron chi connectivity index (χ3n) is 2.90. The Labute approximate surface area is 114 Å². The minimum Gasteiger partial charge on any atom is -0.308 e. The predicted molar refractivity (Wildman–Crippen MR) is 72.9 cm³/mol. The second kappa shape index (κ2) is 5.20. The molecule has 1 unspecified atom stereocenters. The molecule has 96 valence electrons. The molecule has 0 fully saturated rings. The molecule has 5 heteroatoms. The van der Waals surface area contributed by atoms with Crippen molar-refractivity contribution in [2.24, 2.45) is 7.05 Å². The monoisotopic (exact) mass is 311 g/mol. The van der Waals surface area contributed by atoms with Gasteiger partial charge >= 0.3 is 0 Å². The van der Waals surface area contributed by atoms with Crippen molar-refractivity contribution in [2.75, 3.05) is 7.05 Å². The fourth-order valence-electron chi connectivity index (χ4n) is 2.14. The normalized spacial score (nSPS) is 12.7. The molecule has 1 aromatic carbocycles. The van der Waals surface area contributed by atoms with Gasteiger partial charge < -0.3 is 5.32 Å². The number of aryl methyl sites for hydroxylation is 2. The highest BCUT2D eigenvalue weighted by molar-refractivity contribution is 9.10. The van der Waals surface area contributed by atoms with Crippen molar-refractivity contribution in [1.82, 2.24) is 15.1 Å². The maximum atomic E-state index is 13.5. The van der Waals surface area contributed by atoms with Gasteiger partial charge in [-0.1, -0.05) is 6.07 Å². The standard InChI is InChI=1S/C13H15BrFN3/c1-8-4-9(6-10(15)5-8)12(16-2)13-11(14)7-17-18(13)3/h4-7,12,16H,1-3H3. The van der Waals surface area contributed by atoms with Crippen LogP contribution in [0.5, 0.6) is 0 Å². The van der Waals surface area contributed by atoms with Gasteiger partial charge in [-0.25, -0.2) is 4.39 Å². The van der Waals surface area contributed by atoms with E-state index in [1.807, 2.05) is 27.1 Å². The van der Waals surface area contributed by atoms with Gasteiger partial charge in [0.1, 0.15) is 5.82 Å². The SMILES string of the molecule is CNC(c1cc(C)cc(F)c1)c1c(Br)cnn1C. The van der Waals surface area contributed by atoms with E-state index in [9.17, 15) is 4.39 Å². The molecule has 3 nitrogen and oxygen atoms in total. The van der Waals surface area contributed by atoms with Crippen molar-refractivity contribution < 1.29 is 4.39 Å². The molecule has 18 heavy (non-hydrogen) atoms. The number of aromatic nitrogens is 2. The van der Waals surface area contributed by atoms with Gasteiger partial charge in [-0.15, -0.1) is 0 Å². The highest BCUT2D eigenvalue weighted by Gasteiger charge is 2.19. The Hall–Kier alpha value is -1.20. The molecular weight excluding hydrogens is 297 g/mol. The molecule has 0 saturated carbocycles. The summed E-state index contributed by atoms with van der Waals surface area (Å²) in [6.07, 6.45) is 1.74. The van der Waals surface area contributed by atoms with Crippen molar-refractivity contribution in [1.29, 1.82) is 0 Å². The van der Waals surface area contributed by atoms with Gasteiger partial charge in [-0.3, -0.25) is 4.68 Å². The van der Waals surface area contributed by atoms with Crippen LogP contribution >= 0.6 is 15.9 Å². The molecule has 0 aliphatic carbocycles. The zero-order valence-corrected chi connectivity index (χ0v) is 12.1. The molecule has 0 bridgehead atoms. The van der Waals surface area contributed by atoms with Gasteiger partial charge in [-0.05, 0) is 53.2 Å². The lowest BCUT2D eigenvalue weighted by Crippen LogP contribution is -2.21. The summed E-state index contributed by atoms with van der Waals surface area (Å²) < 4.78 is 16.2. The van der Waals surface area contributed by atoms with E-state index >= 15 is 0 Å². The van der Waals surface area contributed by atoms with E-state index in [0.717, 1.165) is 21.3 Å². The van der Waals surface area contributed by atoms with E-state index in [-0.39, 0.29) is 11.9 Å². The summed E-state index contributed by atoms with van der Waals surface area (Å²) in [6, 6.07) is 4.95. The molecule has 1 N–H and O–H groups in total. The van der Waals surface area contributed by atoms with Gasteiger partial charge in [0, 0.05) is 7.05 Å². The van der Waals surface area contributed by atoms with Crippen LogP contribution in [0.15, 0.2) is 28.9 Å². The molecule has 0 saturated heterocycles. The van der Waals surface area contributed by atoms with Crippen LogP contribution in [0.25, 0.3) is 0 Å². The Morgan fingerprint density at radius 3 is 2.61 bits per heavy atom. The number of hydrogen-bond donors (Lipinski definition) is 1. The lowest BCUT2D eigenvalue weighted by atomic mass is 10.0. The second-order valence-electron chi connectivity index (χ2n) is 4.28. The zero-order valence-electron chi connectivity index (χ0n) is 10.5. The molecular formula is C13H15BrFN3. The van der Waals surface area contributed by atoms with Crippen LogP contribution < -0.4 is 5.32 Å². The second-order valence-corrected chi connectivity index (χ2v) is 5.14. The van der Waals surface area contributed by atoms with Gasteiger partial charge in [0.25, 0.3) is 0 Å². The lowest BCUT2D eigenvalue weighted by molar-refractivity contribution is 0.589. The van der Waals surface area contributed by atoms with E-state index in [0.29, 0.717) is 0 Å². The van der Waals surface area contributed by atoms with E-state index in [1.165, 1.54) is 6.07 Å². The summed E-state index contributed by atoms with van der Waals surface area (Å²) in [5.74, 6) is -0.219. The van der Waals surface area contributed by atoms with Crippen molar-refractivity contribution in [2.45, 2.75) is 13.0 Å². The molecule has 2 rings (SSSR count). The van der Waals surface area contributed by atoms with Crippen LogP contribution in [0.2, 0.25) is 0 Å². The van der Waals surface area contributed by atoms with Crippen LogP contribution in [-0.2, 0) is 7.05 Å². The Morgan fingerprint density at radius 2 is 2.11 bits per heavy atom. The Kier molecular flexibility index (Phi) is 3.82. The summed E-state index contributed by atoms with van der Waals surface area (Å²) in [6.45, 7) is 1.89. The first kappa shape index (κ1) is 13.2. The Morgan fingerprint density at radius 1 is 1.39 bits per heavy atom. The van der Waals surface area contributed by atoms with Crippen LogP contribution in [0, 0.1) is 12.7 Å². The Bertz CT molecular complexity index is 526. The fourth-order valence-corrected chi connectivity index (χ4v) is 2.71. The third-order valence-corrected chi connectivity index (χ3v) is 3.51. The topological polar surface area (TPSA) is 29.9 Å². The van der Waals surface area contributed by atoms with E-state index in [4.69, 9.17) is 0 Å². The smallest absolute Gasteiger partial charge is 0.123 e. The molecule has 1 atom stereocenters. The van der Waals surface area contributed by atoms with Crippen molar-refractivity contribution in [3.8, 4) is 0 Å². The molecule has 0 amide bonds. The van der Waals surface area contributed by atoms with E-state index < -0.39 is 0 Å². The van der Waals surface area contributed by atoms with Crippen LogP contribution in [-0.4, -0.2) is 16.8 Å². The molecule has 1 heterocycles. The average Bonchev–Trinajstić information content (AvgIpc) is 2.61. The molecule has 1 aromatic heterocycles. The van der Waals surface area contributed by atoms with E-state index in [2.05, 4.69) is 26.3 Å². The van der Waals surface area contributed by atoms with Crippen molar-refractivity contribution in [3.05, 3.63) is 51.5 Å². The Balaban J connectivity index is 2.52. The number of rotatable bonds is 3. The van der Waals surface area contributed by atoms with Crippen molar-refractivity contribution >= 4 is 15.9 Å². The first-order valence-electron chi connectivity index (χ1n) is 5.64. The zero-order chi connectivity index (χ0) is 13.3. The molecule has 0 radical (unpaired) electrons. The maximum Gasteiger partial charge on any atom is 0.123 e. The van der Waals surface area contributed by atoms with Gasteiger partial charge in [0.2, 0.25) is 0 Å². The van der Waals surface area contributed by atoms with Gasteiger partial charge in [0.05, 0.1) is 22.4 Å². The fraction of sp³-hybridized carbons (Fsp3) is 0.308. The van der Waals surface area contributed by atoms with Gasteiger partial charge in [0.15, 0.2) is 0 Å². The maximum absolute atomic E-state index is 13.5. The van der Waals surface area contributed by atoms with E-state index in [1.54, 1.807) is 16.9 Å². The lowest BCUT2D eigenvalue weighted by Gasteiger charge is -2.18. The molecule has 0 aliphatic rings. The quantitative estimate of drug-likeness (QED) is 0.944. The molecule has 2 aromatic rings. The minimum atomic E-state index is -0.219. The van der Waals surface area contributed by atoms with Crippen LogP contribution in [0.4, 0.5) is 4.39 Å². The summed E-state index contributed by atoms with van der Waals surface area (Å²) >= 11 is 3.48. The number of halogens is 2. The summed E-state index contributed by atoms with van der Waals surface area (Å²) in [5.41, 5.74) is 2.77. The summed E-state index contributed by atoms with van der Waals surface area (Å²) in [7, 11) is 3.72. The average molecular weight is 312 g/mol. The first-order chi connectivity index (χ1) is 8.52. The number of nitrogens with zero attached hydrogens (tertiary/aromatic N) is 2. The first-order valence-corrected chi connectivity index (χ1v) is 6.44. The number of nitrogens with one attached hydrogen (secondary N) is 1. The highest BCUT2D eigenvalue weighted by atomic mass is 79.9. The molecule has 0 aliphatic heterocycles. The van der Waals surface area contributed by atoms with Gasteiger partial charge in [-0.2, -0.15) is 5.10 Å². The summed E-state index contributed by atoms with van der Waals surface area (Å²) in [5, 5.41) is 7.39. The van der Waals surface area contributed by atoms with Crippen molar-refractivity contribution in [3.63, 3.8) is 0 Å². The predicted octanol–water partition coefficient (Wildman–Crippen LogP) is 2.94. The highest BCUT2D eigenvalue weighted by Crippen LogP contribution is 2.28. The number of benzene rings is 1. The van der Waals surface area contributed by atoms with Crippen LogP contribution in [0.3, 0.4) is 0 Å². The third kappa shape index (κ3) is 2.47. The number of hydrogen-bond acceptors (Lipinski definition) is 2. The molecule has 0 spiro atoms. The minimum absolute atomic E-state index is 0.0960. The largest absolute Gasteiger partial charge is 0.308 e. The van der Waals surface area contributed by atoms with Crippen LogP contribution in [0.1, 0.15) is 22.9 Å².